The summed E-state index contributed by atoms with van der Waals surface area (Å²) in [4.78, 5) is 0. The molecular weight excluding hydrogens is 228 g/mol. The first-order valence-electron chi connectivity index (χ1n) is 4.82. The summed E-state index contributed by atoms with van der Waals surface area (Å²) in [6.07, 6.45) is 0. The molecule has 0 bridgehead atoms. The van der Waals surface area contributed by atoms with Gasteiger partial charge in [-0.25, -0.2) is 0 Å². The summed E-state index contributed by atoms with van der Waals surface area (Å²) in [7, 11) is 0. The quantitative estimate of drug-likeness (QED) is 0.375. The molecule has 19 heavy (non-hydrogen) atoms. The highest BCUT2D eigenvalue weighted by Crippen LogP contribution is 2.24. The molecule has 0 saturated heterocycles. The van der Waals surface area contributed by atoms with Gasteiger partial charge in [0.05, 0.1) is 0 Å². The van der Waals surface area contributed by atoms with Gasteiger partial charge in [-0.15, -0.1) is 0 Å². The summed E-state index contributed by atoms with van der Waals surface area (Å²) in [6.45, 7) is 0. The Kier molecular flexibility index (Phi) is 10.8. The number of fused-ring (bicyclic) bond motifs is 3. The Morgan fingerprint density at radius 2 is 0.684 bits per heavy atom. The lowest BCUT2D eigenvalue weighted by Gasteiger charge is -2.02. The molecule has 0 spiro atoms. The van der Waals surface area contributed by atoms with Crippen LogP contribution in [-0.2, 0) is 0 Å². The third-order valence-corrected chi connectivity index (χ3v) is 2.65. The van der Waals surface area contributed by atoms with Crippen molar-refractivity contribution >= 4 is 21.5 Å². The van der Waals surface area contributed by atoms with E-state index in [-0.39, 0.29) is 37.1 Å². The van der Waals surface area contributed by atoms with Crippen LogP contribution in [0.15, 0.2) is 60.7 Å². The largest absolute Gasteiger partial charge is 0.0776 e. The monoisotopic (exact) mass is 258 g/mol. The van der Waals surface area contributed by atoms with Gasteiger partial charge >= 0.3 is 0 Å². The Bertz CT molecular complexity index is 539. The van der Waals surface area contributed by atoms with E-state index in [0.717, 1.165) is 0 Å². The van der Waals surface area contributed by atoms with Crippen molar-refractivity contribution in [2.45, 2.75) is 37.1 Å². The Balaban J connectivity index is -0.000000512. The minimum absolute atomic E-state index is 0. The summed E-state index contributed by atoms with van der Waals surface area (Å²) in [5.74, 6) is 0. The molecule has 0 aliphatic carbocycles. The SMILES string of the molecule is C.C.C.C.C.c1ccc2c(c1)ccc1ccccc12. The lowest BCUT2D eigenvalue weighted by atomic mass is 10.0. The zero-order chi connectivity index (χ0) is 9.38. The minimum atomic E-state index is 0. The number of hydrogen-bond acceptors (Lipinski definition) is 0. The summed E-state index contributed by atoms with van der Waals surface area (Å²) >= 11 is 0. The molecule has 3 aromatic rings. The predicted octanol–water partition coefficient (Wildman–Crippen LogP) is 7.17. The van der Waals surface area contributed by atoms with E-state index < -0.39 is 0 Å². The molecule has 3 rings (SSSR count). The third kappa shape index (κ3) is 3.82. The topological polar surface area (TPSA) is 0 Å². The average molecular weight is 258 g/mol. The summed E-state index contributed by atoms with van der Waals surface area (Å²) in [5, 5.41) is 5.30. The molecule has 0 fully saturated rings. The zero-order valence-electron chi connectivity index (χ0n) is 7.77. The number of hydrogen-bond donors (Lipinski definition) is 0. The normalized spacial score (nSPS) is 8.00. The fraction of sp³-hybridized carbons (Fsp3) is 0.263. The highest BCUT2D eigenvalue weighted by atomic mass is 14.0. The van der Waals surface area contributed by atoms with Gasteiger partial charge in [0.25, 0.3) is 0 Å². The first-order chi connectivity index (χ1) is 6.95. The molecule has 0 unspecified atom stereocenters. The van der Waals surface area contributed by atoms with E-state index in [1.54, 1.807) is 0 Å². The Morgan fingerprint density at radius 3 is 1.05 bits per heavy atom. The maximum absolute atomic E-state index is 2.18. The first kappa shape index (κ1) is 22.4. The van der Waals surface area contributed by atoms with Crippen LogP contribution < -0.4 is 0 Å². The van der Waals surface area contributed by atoms with Crippen molar-refractivity contribution in [3.8, 4) is 0 Å². The van der Waals surface area contributed by atoms with Crippen LogP contribution in [-0.4, -0.2) is 0 Å². The first-order valence-corrected chi connectivity index (χ1v) is 4.82. The summed E-state index contributed by atoms with van der Waals surface area (Å²) < 4.78 is 0. The maximum Gasteiger partial charge on any atom is -0.0105 e. The molecule has 0 nitrogen and oxygen atoms in total. The van der Waals surface area contributed by atoms with Crippen LogP contribution in [0.2, 0.25) is 0 Å². The standard InChI is InChI=1S/C14H10.5CH4/c1-3-7-13-11(5-1)9-10-12-6-2-4-8-14(12)13;;;;;/h1-10H;5*1H4. The molecule has 0 amide bonds. The van der Waals surface area contributed by atoms with E-state index in [1.807, 2.05) is 0 Å². The van der Waals surface area contributed by atoms with Gasteiger partial charge in [-0.05, 0) is 21.5 Å². The molecule has 0 aliphatic heterocycles. The molecule has 0 aromatic heterocycles. The van der Waals surface area contributed by atoms with Crippen molar-refractivity contribution in [3.63, 3.8) is 0 Å². The maximum atomic E-state index is 2.18. The molecule has 0 heterocycles. The van der Waals surface area contributed by atoms with Crippen LogP contribution in [0.5, 0.6) is 0 Å². The van der Waals surface area contributed by atoms with Crippen LogP contribution in [0.4, 0.5) is 0 Å². The molecule has 0 aliphatic rings. The Labute approximate surface area is 120 Å². The van der Waals surface area contributed by atoms with E-state index >= 15 is 0 Å². The van der Waals surface area contributed by atoms with E-state index in [1.165, 1.54) is 21.5 Å². The van der Waals surface area contributed by atoms with E-state index in [2.05, 4.69) is 60.7 Å². The fourth-order valence-electron chi connectivity index (χ4n) is 1.95. The van der Waals surface area contributed by atoms with E-state index in [0.29, 0.717) is 0 Å². The van der Waals surface area contributed by atoms with Gasteiger partial charge in [0.15, 0.2) is 0 Å². The molecule has 0 radical (unpaired) electrons. The Morgan fingerprint density at radius 1 is 0.368 bits per heavy atom. The van der Waals surface area contributed by atoms with Crippen molar-refractivity contribution in [3.05, 3.63) is 60.7 Å². The highest BCUT2D eigenvalue weighted by molar-refractivity contribution is 6.07. The van der Waals surface area contributed by atoms with Crippen molar-refractivity contribution in [1.82, 2.24) is 0 Å². The summed E-state index contributed by atoms with van der Waals surface area (Å²) in [5.41, 5.74) is 0. The molecule has 106 valence electrons. The Hall–Kier alpha value is -1.82. The minimum Gasteiger partial charge on any atom is -0.0776 e. The lowest BCUT2D eigenvalue weighted by Crippen LogP contribution is -1.75. The van der Waals surface area contributed by atoms with Crippen LogP contribution >= 0.6 is 0 Å². The molecule has 0 heteroatoms. The molecule has 0 N–H and O–H groups in total. The van der Waals surface area contributed by atoms with Crippen LogP contribution in [0.1, 0.15) is 37.1 Å². The predicted molar refractivity (Wildman–Crippen MR) is 95.1 cm³/mol. The van der Waals surface area contributed by atoms with Gasteiger partial charge in [0, 0.05) is 0 Å². The van der Waals surface area contributed by atoms with Gasteiger partial charge < -0.3 is 0 Å². The second kappa shape index (κ2) is 9.16. The van der Waals surface area contributed by atoms with E-state index in [4.69, 9.17) is 0 Å². The second-order valence-electron chi connectivity index (χ2n) is 3.51. The summed E-state index contributed by atoms with van der Waals surface area (Å²) in [6, 6.07) is 21.4. The molecule has 0 atom stereocenters. The average Bonchev–Trinajstić information content (AvgIpc) is 2.29. The molecule has 0 saturated carbocycles. The molecular formula is C19H30. The van der Waals surface area contributed by atoms with Crippen molar-refractivity contribution < 1.29 is 0 Å². The number of benzene rings is 3. The second-order valence-corrected chi connectivity index (χ2v) is 3.51. The zero-order valence-corrected chi connectivity index (χ0v) is 7.77. The van der Waals surface area contributed by atoms with Crippen molar-refractivity contribution in [2.75, 3.05) is 0 Å². The van der Waals surface area contributed by atoms with Crippen LogP contribution in [0, 0.1) is 0 Å². The van der Waals surface area contributed by atoms with Crippen LogP contribution in [0.3, 0.4) is 0 Å². The van der Waals surface area contributed by atoms with Gasteiger partial charge in [0.2, 0.25) is 0 Å². The van der Waals surface area contributed by atoms with Crippen molar-refractivity contribution in [2.24, 2.45) is 0 Å². The van der Waals surface area contributed by atoms with Gasteiger partial charge in [0.1, 0.15) is 0 Å². The van der Waals surface area contributed by atoms with Gasteiger partial charge in [-0.3, -0.25) is 0 Å². The lowest BCUT2D eigenvalue weighted by molar-refractivity contribution is 1.76. The number of rotatable bonds is 0. The van der Waals surface area contributed by atoms with Gasteiger partial charge in [-0.2, -0.15) is 0 Å². The smallest absolute Gasteiger partial charge is 0.0105 e. The van der Waals surface area contributed by atoms with Crippen LogP contribution in [0.25, 0.3) is 21.5 Å². The van der Waals surface area contributed by atoms with Gasteiger partial charge in [-0.1, -0.05) is 97.8 Å². The van der Waals surface area contributed by atoms with Crippen molar-refractivity contribution in [1.29, 1.82) is 0 Å². The third-order valence-electron chi connectivity index (χ3n) is 2.65. The molecule has 3 aromatic carbocycles. The fourth-order valence-corrected chi connectivity index (χ4v) is 1.95. The van der Waals surface area contributed by atoms with E-state index in [9.17, 15) is 0 Å². The highest BCUT2D eigenvalue weighted by Gasteiger charge is 1.97.